The SMILES string of the molecule is C=C/C(=C\C1=C(C)c2cc(C)c(C)cc2C1(C)C)N(c1ccccc1)c1ccccc1. The van der Waals surface area contributed by atoms with E-state index in [1.54, 1.807) is 0 Å². The first-order valence-corrected chi connectivity index (χ1v) is 10.9. The van der Waals surface area contributed by atoms with E-state index in [1.165, 1.54) is 33.4 Å². The van der Waals surface area contributed by atoms with Crippen LogP contribution in [0, 0.1) is 13.8 Å². The van der Waals surface area contributed by atoms with Gasteiger partial charge in [-0.25, -0.2) is 0 Å². The summed E-state index contributed by atoms with van der Waals surface area (Å²) in [5, 5.41) is 0. The number of para-hydroxylation sites is 2. The molecule has 0 unspecified atom stereocenters. The highest BCUT2D eigenvalue weighted by Crippen LogP contribution is 2.48. The van der Waals surface area contributed by atoms with Crippen molar-refractivity contribution in [2.24, 2.45) is 0 Å². The van der Waals surface area contributed by atoms with Gasteiger partial charge in [-0.1, -0.05) is 69.0 Å². The minimum Gasteiger partial charge on any atom is -0.311 e. The van der Waals surface area contributed by atoms with Crippen molar-refractivity contribution in [2.45, 2.75) is 40.0 Å². The second-order valence-electron chi connectivity index (χ2n) is 8.93. The Bertz CT molecular complexity index is 1140. The van der Waals surface area contributed by atoms with Crippen LogP contribution in [0.5, 0.6) is 0 Å². The molecular formula is C30H31N. The Hall–Kier alpha value is -3.32. The van der Waals surface area contributed by atoms with Crippen LogP contribution in [0.15, 0.2) is 103 Å². The molecule has 0 amide bonds. The molecule has 4 rings (SSSR count). The van der Waals surface area contributed by atoms with Crippen LogP contribution in [0.25, 0.3) is 5.57 Å². The van der Waals surface area contributed by atoms with Gasteiger partial charge < -0.3 is 4.90 Å². The lowest BCUT2D eigenvalue weighted by atomic mass is 9.80. The average Bonchev–Trinajstić information content (AvgIpc) is 2.95. The van der Waals surface area contributed by atoms with E-state index in [9.17, 15) is 0 Å². The van der Waals surface area contributed by atoms with E-state index in [1.807, 2.05) is 6.08 Å². The lowest BCUT2D eigenvalue weighted by molar-refractivity contribution is 0.652. The number of fused-ring (bicyclic) bond motifs is 1. The molecule has 0 aromatic heterocycles. The van der Waals surface area contributed by atoms with Gasteiger partial charge >= 0.3 is 0 Å². The summed E-state index contributed by atoms with van der Waals surface area (Å²) in [4.78, 5) is 2.28. The minimum absolute atomic E-state index is 0.0643. The maximum absolute atomic E-state index is 4.19. The molecule has 0 heterocycles. The quantitative estimate of drug-likeness (QED) is 0.386. The number of hydrogen-bond acceptors (Lipinski definition) is 1. The number of benzene rings is 3. The molecule has 1 heteroatoms. The first kappa shape index (κ1) is 20.9. The Morgan fingerprint density at radius 1 is 0.806 bits per heavy atom. The zero-order chi connectivity index (χ0) is 22.2. The summed E-state index contributed by atoms with van der Waals surface area (Å²) in [6, 6.07) is 25.7. The zero-order valence-corrected chi connectivity index (χ0v) is 19.2. The van der Waals surface area contributed by atoms with Gasteiger partial charge in [0.05, 0.1) is 0 Å². The van der Waals surface area contributed by atoms with Gasteiger partial charge in [0, 0.05) is 22.5 Å². The van der Waals surface area contributed by atoms with Crippen LogP contribution in [-0.4, -0.2) is 0 Å². The van der Waals surface area contributed by atoms with Crippen molar-refractivity contribution in [3.8, 4) is 0 Å². The minimum atomic E-state index is -0.0643. The number of nitrogens with zero attached hydrogens (tertiary/aromatic N) is 1. The molecule has 1 nitrogen and oxygen atoms in total. The van der Waals surface area contributed by atoms with Gasteiger partial charge in [-0.15, -0.1) is 0 Å². The Morgan fingerprint density at radius 3 is 1.84 bits per heavy atom. The summed E-state index contributed by atoms with van der Waals surface area (Å²) in [6.45, 7) is 15.5. The van der Waals surface area contributed by atoms with Crippen molar-refractivity contribution in [3.63, 3.8) is 0 Å². The van der Waals surface area contributed by atoms with Gasteiger partial charge in [0.2, 0.25) is 0 Å². The van der Waals surface area contributed by atoms with E-state index in [-0.39, 0.29) is 5.41 Å². The summed E-state index contributed by atoms with van der Waals surface area (Å²) in [5.41, 5.74) is 11.4. The van der Waals surface area contributed by atoms with Gasteiger partial charge in [0.25, 0.3) is 0 Å². The Labute approximate surface area is 187 Å². The number of allylic oxidation sites excluding steroid dienone is 4. The predicted octanol–water partition coefficient (Wildman–Crippen LogP) is 8.28. The second kappa shape index (κ2) is 8.07. The molecule has 31 heavy (non-hydrogen) atoms. The molecule has 0 fully saturated rings. The van der Waals surface area contributed by atoms with E-state index >= 15 is 0 Å². The molecule has 0 saturated heterocycles. The lowest BCUT2D eigenvalue weighted by Gasteiger charge is -2.29. The molecule has 0 saturated carbocycles. The molecule has 0 N–H and O–H groups in total. The molecule has 0 bridgehead atoms. The number of anilines is 2. The standard InChI is InChI=1S/C30H31N/c1-7-24(31(25-14-10-8-11-15-25)26-16-12-9-13-17-26)20-28-23(4)27-18-21(2)22(3)19-29(27)30(28,5)6/h7-20H,1H2,2-6H3/b24-20+. The van der Waals surface area contributed by atoms with Crippen LogP contribution in [0.4, 0.5) is 11.4 Å². The van der Waals surface area contributed by atoms with E-state index < -0.39 is 0 Å². The molecule has 0 radical (unpaired) electrons. The topological polar surface area (TPSA) is 3.24 Å². The van der Waals surface area contributed by atoms with E-state index in [0.29, 0.717) is 0 Å². The molecule has 3 aromatic carbocycles. The second-order valence-corrected chi connectivity index (χ2v) is 8.93. The Morgan fingerprint density at radius 2 is 1.32 bits per heavy atom. The van der Waals surface area contributed by atoms with E-state index in [4.69, 9.17) is 0 Å². The predicted molar refractivity (Wildman–Crippen MR) is 135 cm³/mol. The van der Waals surface area contributed by atoms with Crippen molar-refractivity contribution in [1.82, 2.24) is 0 Å². The fourth-order valence-electron chi connectivity index (χ4n) is 4.66. The lowest BCUT2D eigenvalue weighted by Crippen LogP contribution is -2.20. The van der Waals surface area contributed by atoms with Crippen LogP contribution >= 0.6 is 0 Å². The van der Waals surface area contributed by atoms with Gasteiger partial charge in [0.1, 0.15) is 0 Å². The Kier molecular flexibility index (Phi) is 5.45. The Balaban J connectivity index is 1.89. The molecule has 1 aliphatic carbocycles. The first-order chi connectivity index (χ1) is 14.8. The van der Waals surface area contributed by atoms with Crippen LogP contribution in [0.3, 0.4) is 0 Å². The van der Waals surface area contributed by atoms with Gasteiger partial charge in [-0.2, -0.15) is 0 Å². The maximum Gasteiger partial charge on any atom is 0.0461 e. The molecule has 1 aliphatic rings. The maximum atomic E-state index is 4.19. The van der Waals surface area contributed by atoms with Crippen LogP contribution in [-0.2, 0) is 5.41 Å². The van der Waals surface area contributed by atoms with Crippen molar-refractivity contribution in [2.75, 3.05) is 4.90 Å². The van der Waals surface area contributed by atoms with Crippen LogP contribution in [0.2, 0.25) is 0 Å². The molecule has 0 spiro atoms. The van der Waals surface area contributed by atoms with Crippen molar-refractivity contribution in [3.05, 3.63) is 125 Å². The summed E-state index contributed by atoms with van der Waals surface area (Å²) < 4.78 is 0. The van der Waals surface area contributed by atoms with Crippen molar-refractivity contribution < 1.29 is 0 Å². The highest BCUT2D eigenvalue weighted by Gasteiger charge is 2.35. The van der Waals surface area contributed by atoms with Gasteiger partial charge in [-0.05, 0) is 90.6 Å². The third-order valence-electron chi connectivity index (χ3n) is 6.58. The molecule has 3 aromatic rings. The summed E-state index contributed by atoms with van der Waals surface area (Å²) in [7, 11) is 0. The fourth-order valence-corrected chi connectivity index (χ4v) is 4.66. The zero-order valence-electron chi connectivity index (χ0n) is 19.2. The average molecular weight is 406 g/mol. The third kappa shape index (κ3) is 3.65. The van der Waals surface area contributed by atoms with Crippen molar-refractivity contribution >= 4 is 16.9 Å². The van der Waals surface area contributed by atoms with E-state index in [2.05, 4.69) is 125 Å². The molecule has 156 valence electrons. The third-order valence-corrected chi connectivity index (χ3v) is 6.58. The summed E-state index contributed by atoms with van der Waals surface area (Å²) in [6.07, 6.45) is 4.29. The van der Waals surface area contributed by atoms with Gasteiger partial charge in [0.15, 0.2) is 0 Å². The monoisotopic (exact) mass is 405 g/mol. The summed E-state index contributed by atoms with van der Waals surface area (Å²) >= 11 is 0. The first-order valence-electron chi connectivity index (χ1n) is 10.9. The van der Waals surface area contributed by atoms with E-state index in [0.717, 1.165) is 17.1 Å². The smallest absolute Gasteiger partial charge is 0.0461 e. The molecule has 0 aliphatic heterocycles. The highest BCUT2D eigenvalue weighted by molar-refractivity contribution is 5.83. The van der Waals surface area contributed by atoms with Crippen LogP contribution < -0.4 is 4.90 Å². The van der Waals surface area contributed by atoms with Crippen molar-refractivity contribution in [1.29, 1.82) is 0 Å². The summed E-state index contributed by atoms with van der Waals surface area (Å²) in [5.74, 6) is 0. The fraction of sp³-hybridized carbons (Fsp3) is 0.200. The van der Waals surface area contributed by atoms with Gasteiger partial charge in [-0.3, -0.25) is 0 Å². The molecular weight excluding hydrogens is 374 g/mol. The largest absolute Gasteiger partial charge is 0.311 e. The number of aryl methyl sites for hydroxylation is 2. The normalized spacial score (nSPS) is 15.1. The van der Waals surface area contributed by atoms with Crippen LogP contribution in [0.1, 0.15) is 43.0 Å². The number of hydrogen-bond donors (Lipinski definition) is 0. The molecule has 0 atom stereocenters. The highest BCUT2D eigenvalue weighted by atomic mass is 15.1. The number of rotatable bonds is 5.